The first-order chi connectivity index (χ1) is 9.95. The number of aromatic nitrogens is 1. The number of halogens is 1. The van der Waals surface area contributed by atoms with Crippen LogP contribution in [0.1, 0.15) is 0 Å². The predicted octanol–water partition coefficient (Wildman–Crippen LogP) is 1.96. The molecule has 0 unspecified atom stereocenters. The summed E-state index contributed by atoms with van der Waals surface area (Å²) in [5.74, 6) is 0.976. The number of rotatable bonds is 3. The molecule has 3 rings (SSSR count). The van der Waals surface area contributed by atoms with Crippen LogP contribution in [-0.4, -0.2) is 20.2 Å². The van der Waals surface area contributed by atoms with E-state index in [1.807, 2.05) is 0 Å². The Morgan fingerprint density at radius 3 is 2.81 bits per heavy atom. The molecular weight excluding hydrogens is 362 g/mol. The summed E-state index contributed by atoms with van der Waals surface area (Å²) in [6, 6.07) is 6.13. The van der Waals surface area contributed by atoms with Gasteiger partial charge in [0.25, 0.3) is 10.0 Å². The van der Waals surface area contributed by atoms with E-state index >= 15 is 0 Å². The van der Waals surface area contributed by atoms with Crippen LogP contribution in [0.15, 0.2) is 39.8 Å². The minimum absolute atomic E-state index is 0.0774. The first kappa shape index (κ1) is 14.0. The molecule has 2 heterocycles. The fourth-order valence-electron chi connectivity index (χ4n) is 1.82. The summed E-state index contributed by atoms with van der Waals surface area (Å²) < 4.78 is 38.0. The second kappa shape index (κ2) is 5.08. The van der Waals surface area contributed by atoms with E-state index in [4.69, 9.17) is 15.2 Å². The number of ether oxygens (including phenoxy) is 2. The topological polar surface area (TPSA) is 104 Å². The molecule has 1 aromatic heterocycles. The minimum Gasteiger partial charge on any atom is -0.454 e. The van der Waals surface area contributed by atoms with Crippen molar-refractivity contribution in [3.63, 3.8) is 0 Å². The van der Waals surface area contributed by atoms with Gasteiger partial charge < -0.3 is 15.2 Å². The van der Waals surface area contributed by atoms with Gasteiger partial charge in [-0.15, -0.1) is 0 Å². The number of nitrogens with two attached hydrogens (primary N) is 1. The highest BCUT2D eigenvalue weighted by atomic mass is 79.9. The molecule has 0 saturated heterocycles. The van der Waals surface area contributed by atoms with E-state index in [2.05, 4.69) is 25.6 Å². The third-order valence-corrected chi connectivity index (χ3v) is 4.61. The number of benzene rings is 1. The van der Waals surface area contributed by atoms with E-state index in [0.717, 1.165) is 0 Å². The summed E-state index contributed by atoms with van der Waals surface area (Å²) >= 11 is 3.17. The van der Waals surface area contributed by atoms with Crippen molar-refractivity contribution in [3.05, 3.63) is 34.9 Å². The van der Waals surface area contributed by atoms with Crippen molar-refractivity contribution in [1.29, 1.82) is 0 Å². The average Bonchev–Trinajstić information content (AvgIpc) is 2.88. The van der Waals surface area contributed by atoms with E-state index in [1.165, 1.54) is 12.3 Å². The number of anilines is 2. The molecule has 0 aliphatic carbocycles. The molecule has 0 fully saturated rings. The standard InChI is InChI=1S/C12H10BrN3O4S/c13-7-3-11(12(14)15-5-7)21(17,18)16-8-1-2-9-10(4-8)20-6-19-9/h1-5,16H,6H2,(H2,14,15). The Morgan fingerprint density at radius 2 is 2.00 bits per heavy atom. The van der Waals surface area contributed by atoms with Crippen LogP contribution in [0.3, 0.4) is 0 Å². The zero-order chi connectivity index (χ0) is 15.0. The zero-order valence-electron chi connectivity index (χ0n) is 10.5. The number of sulfonamides is 1. The first-order valence-electron chi connectivity index (χ1n) is 5.79. The van der Waals surface area contributed by atoms with Gasteiger partial charge in [-0.1, -0.05) is 0 Å². The fraction of sp³-hybridized carbons (Fsp3) is 0.0833. The van der Waals surface area contributed by atoms with Gasteiger partial charge in [-0.25, -0.2) is 13.4 Å². The summed E-state index contributed by atoms with van der Waals surface area (Å²) in [6.45, 7) is 0.119. The highest BCUT2D eigenvalue weighted by Crippen LogP contribution is 2.35. The van der Waals surface area contributed by atoms with Crippen molar-refractivity contribution in [2.75, 3.05) is 17.2 Å². The molecule has 3 N–H and O–H groups in total. The third-order valence-electron chi connectivity index (χ3n) is 2.76. The lowest BCUT2D eigenvalue weighted by atomic mass is 10.3. The van der Waals surface area contributed by atoms with Gasteiger partial charge in [-0.2, -0.15) is 0 Å². The number of nitrogens with one attached hydrogen (secondary N) is 1. The van der Waals surface area contributed by atoms with E-state index in [0.29, 0.717) is 21.7 Å². The number of hydrogen-bond acceptors (Lipinski definition) is 6. The lowest BCUT2D eigenvalue weighted by Crippen LogP contribution is -2.15. The van der Waals surface area contributed by atoms with Crippen LogP contribution in [0, 0.1) is 0 Å². The van der Waals surface area contributed by atoms with Crippen molar-refractivity contribution in [2.24, 2.45) is 0 Å². The van der Waals surface area contributed by atoms with Gasteiger partial charge in [0.15, 0.2) is 11.5 Å². The van der Waals surface area contributed by atoms with E-state index in [1.54, 1.807) is 18.2 Å². The van der Waals surface area contributed by atoms with Crippen LogP contribution in [0.25, 0.3) is 0 Å². The SMILES string of the molecule is Nc1ncc(Br)cc1S(=O)(=O)Nc1ccc2c(c1)OCO2. The molecule has 0 amide bonds. The van der Waals surface area contributed by atoms with Gasteiger partial charge in [-0.05, 0) is 34.1 Å². The number of pyridine rings is 1. The molecule has 1 aromatic carbocycles. The van der Waals surface area contributed by atoms with Crippen LogP contribution in [0.2, 0.25) is 0 Å². The summed E-state index contributed by atoms with van der Waals surface area (Å²) in [5.41, 5.74) is 5.97. The first-order valence-corrected chi connectivity index (χ1v) is 8.07. The smallest absolute Gasteiger partial charge is 0.265 e. The van der Waals surface area contributed by atoms with Crippen LogP contribution in [0.4, 0.5) is 11.5 Å². The van der Waals surface area contributed by atoms with Gasteiger partial charge in [-0.3, -0.25) is 4.72 Å². The molecular formula is C12H10BrN3O4S. The van der Waals surface area contributed by atoms with Gasteiger partial charge >= 0.3 is 0 Å². The van der Waals surface area contributed by atoms with Gasteiger partial charge in [0.05, 0.1) is 5.69 Å². The molecule has 1 aliphatic heterocycles. The van der Waals surface area contributed by atoms with E-state index < -0.39 is 10.0 Å². The molecule has 7 nitrogen and oxygen atoms in total. The van der Waals surface area contributed by atoms with Gasteiger partial charge in [0.1, 0.15) is 10.7 Å². The Balaban J connectivity index is 1.94. The van der Waals surface area contributed by atoms with Crippen LogP contribution < -0.4 is 19.9 Å². The Labute approximate surface area is 129 Å². The Morgan fingerprint density at radius 1 is 1.24 bits per heavy atom. The Kier molecular flexibility index (Phi) is 3.38. The maximum atomic E-state index is 12.4. The summed E-state index contributed by atoms with van der Waals surface area (Å²) in [7, 11) is -3.85. The fourth-order valence-corrected chi connectivity index (χ4v) is 3.46. The molecule has 1 aliphatic rings. The monoisotopic (exact) mass is 371 g/mol. The molecule has 0 atom stereocenters. The Hall–Kier alpha value is -2.00. The molecule has 2 aromatic rings. The van der Waals surface area contributed by atoms with E-state index in [-0.39, 0.29) is 17.5 Å². The number of fused-ring (bicyclic) bond motifs is 1. The molecule has 0 spiro atoms. The number of hydrogen-bond donors (Lipinski definition) is 2. The maximum Gasteiger partial charge on any atom is 0.265 e. The third kappa shape index (κ3) is 2.74. The summed E-state index contributed by atoms with van der Waals surface area (Å²) in [6.07, 6.45) is 1.43. The number of nitrogen functional groups attached to an aromatic ring is 1. The lowest BCUT2D eigenvalue weighted by molar-refractivity contribution is 0.174. The highest BCUT2D eigenvalue weighted by Gasteiger charge is 2.21. The highest BCUT2D eigenvalue weighted by molar-refractivity contribution is 9.10. The minimum atomic E-state index is -3.85. The van der Waals surface area contributed by atoms with Crippen molar-refractivity contribution in [2.45, 2.75) is 4.90 Å². The van der Waals surface area contributed by atoms with Crippen LogP contribution >= 0.6 is 15.9 Å². The second-order valence-corrected chi connectivity index (χ2v) is 6.78. The largest absolute Gasteiger partial charge is 0.454 e. The van der Waals surface area contributed by atoms with Crippen LogP contribution in [0.5, 0.6) is 11.5 Å². The summed E-state index contributed by atoms with van der Waals surface area (Å²) in [5, 5.41) is 0. The van der Waals surface area contributed by atoms with Gasteiger partial charge in [0.2, 0.25) is 6.79 Å². The molecule has 9 heteroatoms. The van der Waals surface area contributed by atoms with Gasteiger partial charge in [0, 0.05) is 16.7 Å². The molecule has 0 radical (unpaired) electrons. The maximum absolute atomic E-state index is 12.4. The van der Waals surface area contributed by atoms with Crippen molar-refractivity contribution < 1.29 is 17.9 Å². The van der Waals surface area contributed by atoms with Crippen molar-refractivity contribution in [3.8, 4) is 11.5 Å². The summed E-state index contributed by atoms with van der Waals surface area (Å²) in [4.78, 5) is 3.71. The molecule has 0 bridgehead atoms. The zero-order valence-corrected chi connectivity index (χ0v) is 12.9. The van der Waals surface area contributed by atoms with E-state index in [9.17, 15) is 8.42 Å². The predicted molar refractivity (Wildman–Crippen MR) is 79.7 cm³/mol. The number of nitrogens with zero attached hydrogens (tertiary/aromatic N) is 1. The lowest BCUT2D eigenvalue weighted by Gasteiger charge is -2.10. The second-order valence-electron chi connectivity index (χ2n) is 4.21. The Bertz CT molecular complexity index is 810. The van der Waals surface area contributed by atoms with Crippen molar-refractivity contribution in [1.82, 2.24) is 4.98 Å². The quantitative estimate of drug-likeness (QED) is 0.854. The molecule has 0 saturated carbocycles. The van der Waals surface area contributed by atoms with Crippen LogP contribution in [-0.2, 0) is 10.0 Å². The average molecular weight is 372 g/mol. The molecule has 21 heavy (non-hydrogen) atoms. The normalized spacial score (nSPS) is 13.2. The van der Waals surface area contributed by atoms with Crippen molar-refractivity contribution >= 4 is 37.5 Å². The molecule has 110 valence electrons.